The molecule has 0 saturated carbocycles. The molecule has 4 nitrogen and oxygen atoms in total. The second-order valence-electron chi connectivity index (χ2n) is 8.27. The van der Waals surface area contributed by atoms with Gasteiger partial charge in [0.05, 0.1) is 5.75 Å². The van der Waals surface area contributed by atoms with E-state index in [4.69, 9.17) is 0 Å². The van der Waals surface area contributed by atoms with Crippen molar-refractivity contribution in [2.75, 3.05) is 25.4 Å². The van der Waals surface area contributed by atoms with Crippen LogP contribution in [0.3, 0.4) is 0 Å². The predicted octanol–water partition coefficient (Wildman–Crippen LogP) is 5.48. The zero-order valence-electron chi connectivity index (χ0n) is 18.6. The van der Waals surface area contributed by atoms with Crippen LogP contribution in [0.1, 0.15) is 36.5 Å². The Morgan fingerprint density at radius 3 is 2.34 bits per heavy atom. The first kappa shape index (κ1) is 22.4. The molecule has 0 unspecified atom stereocenters. The molecule has 3 aromatic carbocycles. The topological polar surface area (TPSA) is 40.6 Å². The highest BCUT2D eigenvalue weighted by Gasteiger charge is 2.29. The number of nitrogens with zero attached hydrogens (tertiary/aromatic N) is 2. The van der Waals surface area contributed by atoms with E-state index in [1.165, 1.54) is 10.8 Å². The molecule has 2 amide bonds. The van der Waals surface area contributed by atoms with Gasteiger partial charge in [0.1, 0.15) is 0 Å². The Kier molecular flexibility index (Phi) is 7.48. The van der Waals surface area contributed by atoms with Crippen LogP contribution in [-0.4, -0.2) is 53.0 Å². The molecule has 0 aliphatic carbocycles. The molecule has 5 heteroatoms. The van der Waals surface area contributed by atoms with Gasteiger partial charge in [-0.2, -0.15) is 0 Å². The van der Waals surface area contributed by atoms with Gasteiger partial charge in [0.2, 0.25) is 5.91 Å². The van der Waals surface area contributed by atoms with Crippen molar-refractivity contribution in [2.24, 2.45) is 0 Å². The highest BCUT2D eigenvalue weighted by molar-refractivity contribution is 8.00. The maximum Gasteiger partial charge on any atom is 0.253 e. The molecule has 166 valence electrons. The number of hydrogen-bond acceptors (Lipinski definition) is 3. The van der Waals surface area contributed by atoms with Crippen LogP contribution in [0.2, 0.25) is 0 Å². The minimum absolute atomic E-state index is 0.0873. The summed E-state index contributed by atoms with van der Waals surface area (Å²) in [5.41, 5.74) is 0.735. The SMILES string of the molecule is CCCN(C(=O)CSc1ccc2ccccc2c1)C1CCN(C(=O)c2ccccc2)CC1. The molecule has 0 spiro atoms. The smallest absolute Gasteiger partial charge is 0.253 e. The number of amides is 2. The van der Waals surface area contributed by atoms with Crippen molar-refractivity contribution in [2.45, 2.75) is 37.1 Å². The number of hydrogen-bond donors (Lipinski definition) is 0. The Morgan fingerprint density at radius 1 is 0.938 bits per heavy atom. The minimum Gasteiger partial charge on any atom is -0.339 e. The highest BCUT2D eigenvalue weighted by Crippen LogP contribution is 2.25. The summed E-state index contributed by atoms with van der Waals surface area (Å²) < 4.78 is 0. The van der Waals surface area contributed by atoms with E-state index in [9.17, 15) is 9.59 Å². The Balaban J connectivity index is 1.34. The number of likely N-dealkylation sites (tertiary alicyclic amines) is 1. The second kappa shape index (κ2) is 10.7. The first-order valence-corrected chi connectivity index (χ1v) is 12.4. The first-order valence-electron chi connectivity index (χ1n) is 11.4. The van der Waals surface area contributed by atoms with Gasteiger partial charge in [-0.15, -0.1) is 11.8 Å². The van der Waals surface area contributed by atoms with Gasteiger partial charge in [0, 0.05) is 36.1 Å². The number of rotatable bonds is 7. The van der Waals surface area contributed by atoms with E-state index in [0.717, 1.165) is 36.3 Å². The molecule has 4 rings (SSSR count). The van der Waals surface area contributed by atoms with Gasteiger partial charge in [0.15, 0.2) is 0 Å². The van der Waals surface area contributed by atoms with Gasteiger partial charge in [-0.25, -0.2) is 0 Å². The lowest BCUT2D eigenvalue weighted by atomic mass is 10.0. The summed E-state index contributed by atoms with van der Waals surface area (Å²) in [6, 6.07) is 24.3. The Hall–Kier alpha value is -2.79. The van der Waals surface area contributed by atoms with Crippen molar-refractivity contribution in [3.63, 3.8) is 0 Å². The van der Waals surface area contributed by atoms with Gasteiger partial charge in [-0.3, -0.25) is 9.59 Å². The van der Waals surface area contributed by atoms with E-state index in [0.29, 0.717) is 18.8 Å². The summed E-state index contributed by atoms with van der Waals surface area (Å²) >= 11 is 1.61. The van der Waals surface area contributed by atoms with E-state index >= 15 is 0 Å². The van der Waals surface area contributed by atoms with Gasteiger partial charge in [-0.05, 0) is 54.3 Å². The molecule has 1 saturated heterocycles. The highest BCUT2D eigenvalue weighted by atomic mass is 32.2. The third-order valence-electron chi connectivity index (χ3n) is 6.08. The number of piperidine rings is 1. The minimum atomic E-state index is 0.0873. The summed E-state index contributed by atoms with van der Waals surface area (Å²) in [6.07, 6.45) is 2.62. The molecule has 0 bridgehead atoms. The fourth-order valence-electron chi connectivity index (χ4n) is 4.38. The van der Waals surface area contributed by atoms with Gasteiger partial charge >= 0.3 is 0 Å². The molecular weight excluding hydrogens is 416 g/mol. The average molecular weight is 447 g/mol. The number of carbonyl (C=O) groups is 2. The predicted molar refractivity (Wildman–Crippen MR) is 132 cm³/mol. The van der Waals surface area contributed by atoms with E-state index in [2.05, 4.69) is 42.2 Å². The summed E-state index contributed by atoms with van der Waals surface area (Å²) in [5.74, 6) is 0.726. The van der Waals surface area contributed by atoms with Gasteiger partial charge in [-0.1, -0.05) is 55.5 Å². The quantitative estimate of drug-likeness (QED) is 0.452. The summed E-state index contributed by atoms with van der Waals surface area (Å²) in [6.45, 7) is 4.28. The van der Waals surface area contributed by atoms with Crippen molar-refractivity contribution in [3.8, 4) is 0 Å². The molecular formula is C27H30N2O2S. The molecule has 3 aromatic rings. The normalized spacial score (nSPS) is 14.5. The standard InChI is InChI=1S/C27H30N2O2S/c1-2-16-29(24-14-17-28(18-15-24)27(31)22-9-4-3-5-10-22)26(30)20-32-25-13-12-21-8-6-7-11-23(21)19-25/h3-13,19,24H,2,14-18,20H2,1H3. The Labute approximate surface area is 194 Å². The molecule has 0 atom stereocenters. The van der Waals surface area contributed by atoms with Crippen LogP contribution < -0.4 is 0 Å². The van der Waals surface area contributed by atoms with Gasteiger partial charge in [0.25, 0.3) is 5.91 Å². The van der Waals surface area contributed by atoms with E-state index < -0.39 is 0 Å². The van der Waals surface area contributed by atoms with Crippen LogP contribution in [0.4, 0.5) is 0 Å². The molecule has 0 radical (unpaired) electrons. The van der Waals surface area contributed by atoms with E-state index in [-0.39, 0.29) is 17.9 Å². The molecule has 1 aliphatic rings. The molecule has 1 aliphatic heterocycles. The maximum absolute atomic E-state index is 13.1. The van der Waals surface area contributed by atoms with Crippen molar-refractivity contribution < 1.29 is 9.59 Å². The molecule has 0 aromatic heterocycles. The molecule has 32 heavy (non-hydrogen) atoms. The number of thioether (sulfide) groups is 1. The second-order valence-corrected chi connectivity index (χ2v) is 9.32. The first-order chi connectivity index (χ1) is 15.7. The zero-order chi connectivity index (χ0) is 22.3. The van der Waals surface area contributed by atoms with Crippen LogP contribution >= 0.6 is 11.8 Å². The van der Waals surface area contributed by atoms with Crippen molar-refractivity contribution in [3.05, 3.63) is 78.4 Å². The number of fused-ring (bicyclic) bond motifs is 1. The van der Waals surface area contributed by atoms with Crippen LogP contribution in [0.15, 0.2) is 77.7 Å². The van der Waals surface area contributed by atoms with Crippen molar-refractivity contribution >= 4 is 34.3 Å². The zero-order valence-corrected chi connectivity index (χ0v) is 19.4. The van der Waals surface area contributed by atoms with E-state index in [1.807, 2.05) is 47.4 Å². The summed E-state index contributed by atoms with van der Waals surface area (Å²) in [5, 5.41) is 2.42. The Bertz CT molecular complexity index is 1060. The maximum atomic E-state index is 13.1. The number of carbonyl (C=O) groups excluding carboxylic acids is 2. The lowest BCUT2D eigenvalue weighted by Gasteiger charge is -2.38. The third kappa shape index (κ3) is 5.33. The van der Waals surface area contributed by atoms with Crippen LogP contribution in [0, 0.1) is 0 Å². The fourth-order valence-corrected chi connectivity index (χ4v) is 5.21. The molecule has 1 fully saturated rings. The average Bonchev–Trinajstić information content (AvgIpc) is 2.86. The Morgan fingerprint density at radius 2 is 1.62 bits per heavy atom. The van der Waals surface area contributed by atoms with Crippen LogP contribution in [-0.2, 0) is 4.79 Å². The van der Waals surface area contributed by atoms with E-state index in [1.54, 1.807) is 11.8 Å². The molecule has 1 heterocycles. The summed E-state index contributed by atoms with van der Waals surface area (Å²) in [7, 11) is 0. The van der Waals surface area contributed by atoms with Crippen molar-refractivity contribution in [1.82, 2.24) is 9.80 Å². The third-order valence-corrected chi connectivity index (χ3v) is 7.06. The van der Waals surface area contributed by atoms with Crippen LogP contribution in [0.5, 0.6) is 0 Å². The fraction of sp³-hybridized carbons (Fsp3) is 0.333. The lowest BCUT2D eigenvalue weighted by Crippen LogP contribution is -2.49. The van der Waals surface area contributed by atoms with Crippen molar-refractivity contribution in [1.29, 1.82) is 0 Å². The monoisotopic (exact) mass is 446 g/mol. The lowest BCUT2D eigenvalue weighted by molar-refractivity contribution is -0.131. The number of benzene rings is 3. The molecule has 0 N–H and O–H groups in total. The van der Waals surface area contributed by atoms with Crippen LogP contribution in [0.25, 0.3) is 10.8 Å². The summed E-state index contributed by atoms with van der Waals surface area (Å²) in [4.78, 5) is 31.0. The van der Waals surface area contributed by atoms with Gasteiger partial charge < -0.3 is 9.80 Å². The largest absolute Gasteiger partial charge is 0.339 e.